The van der Waals surface area contributed by atoms with Gasteiger partial charge in [-0.05, 0) is 48.0 Å². The van der Waals surface area contributed by atoms with Gasteiger partial charge in [0.1, 0.15) is 0 Å². The van der Waals surface area contributed by atoms with Crippen LogP contribution >= 0.6 is 0 Å². The summed E-state index contributed by atoms with van der Waals surface area (Å²) in [5.74, 6) is 0. The number of piperidine rings is 1. The highest BCUT2D eigenvalue weighted by Gasteiger charge is 2.46. The highest BCUT2D eigenvalue weighted by Crippen LogP contribution is 2.41. The zero-order valence-corrected chi connectivity index (χ0v) is 13.0. The van der Waals surface area contributed by atoms with Crippen LogP contribution in [0.25, 0.3) is 0 Å². The number of rotatable bonds is 3. The first-order chi connectivity index (χ1) is 7.56. The summed E-state index contributed by atoms with van der Waals surface area (Å²) in [4.78, 5) is 2.62. The van der Waals surface area contributed by atoms with Gasteiger partial charge in [0.15, 0.2) is 0 Å². The molecule has 0 spiro atoms. The maximum Gasteiger partial charge on any atom is 0.0659 e. The van der Waals surface area contributed by atoms with Crippen molar-refractivity contribution in [2.75, 3.05) is 6.54 Å². The molecule has 17 heavy (non-hydrogen) atoms. The number of nitrogens with zero attached hydrogens (tertiary/aromatic N) is 1. The zero-order valence-electron chi connectivity index (χ0n) is 13.0. The Morgan fingerprint density at radius 2 is 1.59 bits per heavy atom. The van der Waals surface area contributed by atoms with Crippen molar-refractivity contribution in [3.8, 4) is 0 Å². The molecule has 0 radical (unpaired) electrons. The van der Waals surface area contributed by atoms with Crippen LogP contribution in [0.5, 0.6) is 0 Å². The summed E-state index contributed by atoms with van der Waals surface area (Å²) < 4.78 is 6.14. The van der Waals surface area contributed by atoms with Gasteiger partial charge >= 0.3 is 0 Å². The van der Waals surface area contributed by atoms with Crippen molar-refractivity contribution in [1.82, 2.24) is 4.90 Å². The molecule has 0 aliphatic carbocycles. The predicted octanol–water partition coefficient (Wildman–Crippen LogP) is 3.70. The predicted molar refractivity (Wildman–Crippen MR) is 74.3 cm³/mol. The van der Waals surface area contributed by atoms with Crippen LogP contribution in [0.1, 0.15) is 61.8 Å². The van der Waals surface area contributed by atoms with Crippen LogP contribution in [0.3, 0.4) is 0 Å². The van der Waals surface area contributed by atoms with Crippen LogP contribution in [0, 0.1) is 5.41 Å². The average Bonchev–Trinajstić information content (AvgIpc) is 2.09. The molecule has 2 nitrogen and oxygen atoms in total. The quantitative estimate of drug-likeness (QED) is 0.747. The maximum absolute atomic E-state index is 6.14. The van der Waals surface area contributed by atoms with Crippen molar-refractivity contribution in [1.29, 1.82) is 0 Å². The van der Waals surface area contributed by atoms with E-state index in [4.69, 9.17) is 4.74 Å². The standard InChI is InChI=1S/C15H31NO/c1-11(2)16-10-14(5,6)13(17-12(3)4)9-15(16,7)8/h11-13H,9-10H2,1-8H3. The second-order valence-electron chi connectivity index (χ2n) is 7.40. The SMILES string of the molecule is CC(C)OC1CC(C)(C)N(C(C)C)CC1(C)C. The second-order valence-corrected chi connectivity index (χ2v) is 7.40. The van der Waals surface area contributed by atoms with E-state index in [1.54, 1.807) is 0 Å². The molecule has 0 aromatic rings. The van der Waals surface area contributed by atoms with Crippen LogP contribution in [0.15, 0.2) is 0 Å². The normalized spacial score (nSPS) is 28.9. The molecule has 1 rings (SSSR count). The molecule has 0 N–H and O–H groups in total. The van der Waals surface area contributed by atoms with Crippen LogP contribution in [-0.4, -0.2) is 35.2 Å². The van der Waals surface area contributed by atoms with E-state index in [1.807, 2.05) is 0 Å². The molecule has 1 unspecified atom stereocenters. The summed E-state index contributed by atoms with van der Waals surface area (Å²) in [7, 11) is 0. The zero-order chi connectivity index (χ0) is 13.4. The molecule has 0 aromatic carbocycles. The molecule has 102 valence electrons. The first-order valence-electron chi connectivity index (χ1n) is 6.98. The van der Waals surface area contributed by atoms with Gasteiger partial charge in [-0.25, -0.2) is 0 Å². The molecule has 1 saturated heterocycles. The van der Waals surface area contributed by atoms with Gasteiger partial charge in [0.25, 0.3) is 0 Å². The van der Waals surface area contributed by atoms with Crippen LogP contribution in [0.2, 0.25) is 0 Å². The molecular formula is C15H31NO. The van der Waals surface area contributed by atoms with Gasteiger partial charge in [0, 0.05) is 23.5 Å². The average molecular weight is 241 g/mol. The van der Waals surface area contributed by atoms with Gasteiger partial charge in [-0.3, -0.25) is 4.90 Å². The largest absolute Gasteiger partial charge is 0.375 e. The van der Waals surface area contributed by atoms with E-state index < -0.39 is 0 Å². The molecule has 0 saturated carbocycles. The Hall–Kier alpha value is -0.0800. The molecule has 0 bridgehead atoms. The molecular weight excluding hydrogens is 210 g/mol. The van der Waals surface area contributed by atoms with E-state index in [9.17, 15) is 0 Å². The summed E-state index contributed by atoms with van der Waals surface area (Å²) in [5, 5.41) is 0. The molecule has 1 aliphatic rings. The van der Waals surface area contributed by atoms with Gasteiger partial charge in [-0.2, -0.15) is 0 Å². The molecule has 1 atom stereocenters. The number of hydrogen-bond donors (Lipinski definition) is 0. The van der Waals surface area contributed by atoms with E-state index in [2.05, 4.69) is 60.3 Å². The van der Waals surface area contributed by atoms with Gasteiger partial charge in [-0.1, -0.05) is 13.8 Å². The molecule has 1 aliphatic heterocycles. The fraction of sp³-hybridized carbons (Fsp3) is 1.00. The van der Waals surface area contributed by atoms with Crippen molar-refractivity contribution in [2.24, 2.45) is 5.41 Å². The lowest BCUT2D eigenvalue weighted by Crippen LogP contribution is -2.61. The Balaban J connectivity index is 2.87. The lowest BCUT2D eigenvalue weighted by atomic mass is 9.73. The van der Waals surface area contributed by atoms with Crippen molar-refractivity contribution < 1.29 is 4.74 Å². The summed E-state index contributed by atoms with van der Waals surface area (Å²) in [5.41, 5.74) is 0.479. The second kappa shape index (κ2) is 4.89. The van der Waals surface area contributed by atoms with Gasteiger partial charge in [0.2, 0.25) is 0 Å². The minimum absolute atomic E-state index is 0.239. The van der Waals surface area contributed by atoms with E-state index in [0.717, 1.165) is 13.0 Å². The lowest BCUT2D eigenvalue weighted by molar-refractivity contribution is -0.140. The lowest BCUT2D eigenvalue weighted by Gasteiger charge is -2.54. The number of ether oxygens (including phenoxy) is 1. The minimum atomic E-state index is 0.239. The van der Waals surface area contributed by atoms with Crippen molar-refractivity contribution in [3.63, 3.8) is 0 Å². The van der Waals surface area contributed by atoms with Crippen LogP contribution < -0.4 is 0 Å². The first-order valence-corrected chi connectivity index (χ1v) is 6.98. The third-order valence-electron chi connectivity index (χ3n) is 3.97. The van der Waals surface area contributed by atoms with E-state index in [0.29, 0.717) is 18.2 Å². The smallest absolute Gasteiger partial charge is 0.0659 e. The van der Waals surface area contributed by atoms with Gasteiger partial charge in [0.05, 0.1) is 12.2 Å². The highest BCUT2D eigenvalue weighted by atomic mass is 16.5. The Morgan fingerprint density at radius 3 is 2.00 bits per heavy atom. The molecule has 0 aromatic heterocycles. The summed E-state index contributed by atoms with van der Waals surface area (Å²) in [6.45, 7) is 19.3. The van der Waals surface area contributed by atoms with E-state index in [-0.39, 0.29) is 11.0 Å². The third-order valence-corrected chi connectivity index (χ3v) is 3.97. The van der Waals surface area contributed by atoms with Crippen molar-refractivity contribution in [2.45, 2.75) is 85.6 Å². The van der Waals surface area contributed by atoms with Crippen LogP contribution in [-0.2, 0) is 4.74 Å². The molecule has 0 amide bonds. The van der Waals surface area contributed by atoms with Gasteiger partial charge < -0.3 is 4.74 Å². The monoisotopic (exact) mass is 241 g/mol. The molecule has 2 heteroatoms. The van der Waals surface area contributed by atoms with Crippen molar-refractivity contribution >= 4 is 0 Å². The summed E-state index contributed by atoms with van der Waals surface area (Å²) in [6.07, 6.45) is 1.81. The number of likely N-dealkylation sites (tertiary alicyclic amines) is 1. The van der Waals surface area contributed by atoms with Crippen LogP contribution in [0.4, 0.5) is 0 Å². The highest BCUT2D eigenvalue weighted by molar-refractivity contribution is 4.99. The Labute approximate surface area is 108 Å². The Kier molecular flexibility index (Phi) is 4.31. The summed E-state index contributed by atoms with van der Waals surface area (Å²) >= 11 is 0. The Bertz CT molecular complexity index is 256. The fourth-order valence-corrected chi connectivity index (χ4v) is 3.04. The van der Waals surface area contributed by atoms with Gasteiger partial charge in [-0.15, -0.1) is 0 Å². The molecule has 1 fully saturated rings. The fourth-order valence-electron chi connectivity index (χ4n) is 3.04. The maximum atomic E-state index is 6.14. The van der Waals surface area contributed by atoms with E-state index >= 15 is 0 Å². The summed E-state index contributed by atoms with van der Waals surface area (Å²) in [6, 6.07) is 0.601. The van der Waals surface area contributed by atoms with Crippen molar-refractivity contribution in [3.05, 3.63) is 0 Å². The topological polar surface area (TPSA) is 12.5 Å². The Morgan fingerprint density at radius 1 is 1.06 bits per heavy atom. The first kappa shape index (κ1) is 15.0. The van der Waals surface area contributed by atoms with E-state index in [1.165, 1.54) is 0 Å². The number of hydrogen-bond acceptors (Lipinski definition) is 2. The minimum Gasteiger partial charge on any atom is -0.375 e. The molecule has 1 heterocycles. The third kappa shape index (κ3) is 3.45.